The quantitative estimate of drug-likeness (QED) is 0.730. The Morgan fingerprint density at radius 3 is 2.05 bits per heavy atom. The Bertz CT molecular complexity index is 457. The number of carboxylic acid groups (broad SMARTS) is 2. The van der Waals surface area contributed by atoms with Crippen molar-refractivity contribution < 1.29 is 19.8 Å². The van der Waals surface area contributed by atoms with Crippen molar-refractivity contribution in [2.24, 2.45) is 5.92 Å². The van der Waals surface area contributed by atoms with Crippen LogP contribution in [0.5, 0.6) is 0 Å². The molecule has 0 spiro atoms. The van der Waals surface area contributed by atoms with Gasteiger partial charge < -0.3 is 15.1 Å². The smallest absolute Gasteiger partial charge is 0.311 e. The number of carbonyl (C=O) groups is 2. The maximum atomic E-state index is 11.6. The van der Waals surface area contributed by atoms with Gasteiger partial charge in [0.25, 0.3) is 0 Å². The van der Waals surface area contributed by atoms with Gasteiger partial charge in [-0.15, -0.1) is 0 Å². The van der Waals surface area contributed by atoms with Gasteiger partial charge in [0.1, 0.15) is 0 Å². The van der Waals surface area contributed by atoms with Crippen LogP contribution in [0.25, 0.3) is 0 Å². The van der Waals surface area contributed by atoms with Crippen LogP contribution in [0.1, 0.15) is 31.7 Å². The molecule has 2 atom stereocenters. The molecule has 0 saturated heterocycles. The lowest BCUT2D eigenvalue weighted by molar-refractivity contribution is -0.150. The summed E-state index contributed by atoms with van der Waals surface area (Å²) in [5.41, 5.74) is 0.539. The normalized spacial score (nSPS) is 13.9. The summed E-state index contributed by atoms with van der Waals surface area (Å²) in [5, 5.41) is 18.9. The Hall–Kier alpha value is -1.88. The van der Waals surface area contributed by atoms with Crippen LogP contribution in [0, 0.1) is 5.92 Å². The Morgan fingerprint density at radius 2 is 1.62 bits per heavy atom. The lowest BCUT2D eigenvalue weighted by Crippen LogP contribution is -2.33. The first-order valence-electron chi connectivity index (χ1n) is 7.24. The van der Waals surface area contributed by atoms with E-state index in [4.69, 9.17) is 0 Å². The van der Waals surface area contributed by atoms with Crippen LogP contribution < -0.4 is 0 Å². The minimum Gasteiger partial charge on any atom is -0.481 e. The first-order chi connectivity index (χ1) is 10.0. The van der Waals surface area contributed by atoms with Crippen molar-refractivity contribution in [3.05, 3.63) is 35.9 Å². The molecule has 1 rings (SSSR count). The minimum atomic E-state index is -1.09. The van der Waals surface area contributed by atoms with E-state index in [9.17, 15) is 19.8 Å². The highest BCUT2D eigenvalue weighted by molar-refractivity contribution is 5.84. The number of nitrogens with zero attached hydrogens (tertiary/aromatic N) is 1. The second kappa shape index (κ2) is 8.42. The van der Waals surface area contributed by atoms with Crippen molar-refractivity contribution in [3.63, 3.8) is 0 Å². The van der Waals surface area contributed by atoms with Gasteiger partial charge >= 0.3 is 11.9 Å². The molecular formula is C16H23NO4. The van der Waals surface area contributed by atoms with Gasteiger partial charge in [0.15, 0.2) is 0 Å². The maximum Gasteiger partial charge on any atom is 0.311 e. The fraction of sp³-hybridized carbons (Fsp3) is 0.500. The van der Waals surface area contributed by atoms with Crippen LogP contribution in [0.4, 0.5) is 0 Å². The van der Waals surface area contributed by atoms with Gasteiger partial charge in [-0.25, -0.2) is 0 Å². The predicted octanol–water partition coefficient (Wildman–Crippen LogP) is 2.29. The van der Waals surface area contributed by atoms with Gasteiger partial charge in [-0.3, -0.25) is 9.59 Å². The number of aliphatic carboxylic acids is 2. The van der Waals surface area contributed by atoms with E-state index in [-0.39, 0.29) is 0 Å². The molecule has 0 aliphatic heterocycles. The van der Waals surface area contributed by atoms with Gasteiger partial charge in [-0.05, 0) is 31.6 Å². The van der Waals surface area contributed by atoms with E-state index < -0.39 is 23.8 Å². The van der Waals surface area contributed by atoms with Crippen molar-refractivity contribution in [3.8, 4) is 0 Å². The number of benzene rings is 1. The van der Waals surface area contributed by atoms with Crippen LogP contribution in [-0.2, 0) is 9.59 Å². The standard InChI is InChI=1S/C16H23NO4/c1-3-17(4-2)11-10-13(15(18)19)14(16(20)21)12-8-6-5-7-9-12/h5-9,13-14H,3-4,10-11H2,1-2H3,(H,18,19)(H,20,21)/t13-,14+/m0/s1. The third-order valence-electron chi connectivity index (χ3n) is 3.80. The first kappa shape index (κ1) is 17.2. The molecule has 0 heterocycles. The summed E-state index contributed by atoms with van der Waals surface area (Å²) in [4.78, 5) is 25.2. The zero-order valence-electron chi connectivity index (χ0n) is 12.5. The number of rotatable bonds is 9. The average molecular weight is 293 g/mol. The van der Waals surface area contributed by atoms with E-state index in [0.717, 1.165) is 13.1 Å². The Kier molecular flexibility index (Phi) is 6.88. The number of hydrogen-bond acceptors (Lipinski definition) is 3. The molecule has 0 saturated carbocycles. The fourth-order valence-electron chi connectivity index (χ4n) is 2.50. The molecule has 0 bridgehead atoms. The highest BCUT2D eigenvalue weighted by Gasteiger charge is 2.34. The molecule has 0 aliphatic rings. The van der Waals surface area contributed by atoms with Gasteiger partial charge in [0, 0.05) is 0 Å². The number of carboxylic acids is 2. The molecule has 5 heteroatoms. The molecule has 0 unspecified atom stereocenters. The molecule has 1 aromatic carbocycles. The molecule has 0 aromatic heterocycles. The summed E-state index contributed by atoms with van der Waals surface area (Å²) in [5.74, 6) is -4.09. The average Bonchev–Trinajstić information content (AvgIpc) is 2.47. The monoisotopic (exact) mass is 293 g/mol. The molecule has 21 heavy (non-hydrogen) atoms. The molecule has 0 fully saturated rings. The molecule has 5 nitrogen and oxygen atoms in total. The van der Waals surface area contributed by atoms with E-state index in [1.165, 1.54) is 0 Å². The van der Waals surface area contributed by atoms with Crippen LogP contribution in [0.2, 0.25) is 0 Å². The Morgan fingerprint density at radius 1 is 1.05 bits per heavy atom. The molecule has 0 radical (unpaired) electrons. The topological polar surface area (TPSA) is 77.8 Å². The van der Waals surface area contributed by atoms with Crippen molar-refractivity contribution in [1.29, 1.82) is 0 Å². The second-order valence-electron chi connectivity index (χ2n) is 4.99. The highest BCUT2D eigenvalue weighted by atomic mass is 16.4. The van der Waals surface area contributed by atoms with Gasteiger partial charge in [-0.2, -0.15) is 0 Å². The molecular weight excluding hydrogens is 270 g/mol. The van der Waals surface area contributed by atoms with E-state index in [1.54, 1.807) is 30.3 Å². The Labute approximate surface area is 125 Å². The van der Waals surface area contributed by atoms with Crippen LogP contribution in [0.15, 0.2) is 30.3 Å². The van der Waals surface area contributed by atoms with Crippen molar-refractivity contribution >= 4 is 11.9 Å². The SMILES string of the molecule is CCN(CC)CC[C@H](C(=O)O)[C@H](C(=O)O)c1ccccc1. The van der Waals surface area contributed by atoms with E-state index in [1.807, 2.05) is 13.8 Å². The summed E-state index contributed by atoms with van der Waals surface area (Å²) in [6.07, 6.45) is 0.322. The molecule has 0 amide bonds. The Balaban J connectivity index is 2.94. The van der Waals surface area contributed by atoms with Crippen LogP contribution >= 0.6 is 0 Å². The van der Waals surface area contributed by atoms with Crippen molar-refractivity contribution in [2.45, 2.75) is 26.2 Å². The molecule has 0 aliphatic carbocycles. The second-order valence-corrected chi connectivity index (χ2v) is 4.99. The third kappa shape index (κ3) is 4.86. The van der Waals surface area contributed by atoms with Gasteiger partial charge in [0.2, 0.25) is 0 Å². The molecule has 1 aromatic rings. The third-order valence-corrected chi connectivity index (χ3v) is 3.80. The zero-order valence-corrected chi connectivity index (χ0v) is 12.5. The van der Waals surface area contributed by atoms with Crippen LogP contribution in [0.3, 0.4) is 0 Å². The summed E-state index contributed by atoms with van der Waals surface area (Å²) in [6.45, 7) is 6.24. The largest absolute Gasteiger partial charge is 0.481 e. The maximum absolute atomic E-state index is 11.6. The van der Waals surface area contributed by atoms with E-state index in [2.05, 4.69) is 4.90 Å². The highest BCUT2D eigenvalue weighted by Crippen LogP contribution is 2.28. The van der Waals surface area contributed by atoms with E-state index >= 15 is 0 Å². The van der Waals surface area contributed by atoms with E-state index in [0.29, 0.717) is 18.5 Å². The summed E-state index contributed by atoms with van der Waals surface area (Å²) in [6, 6.07) is 8.59. The summed E-state index contributed by atoms with van der Waals surface area (Å²) in [7, 11) is 0. The lowest BCUT2D eigenvalue weighted by Gasteiger charge is -2.24. The van der Waals surface area contributed by atoms with Gasteiger partial charge in [-0.1, -0.05) is 44.2 Å². The van der Waals surface area contributed by atoms with Crippen molar-refractivity contribution in [1.82, 2.24) is 4.90 Å². The number of hydrogen-bond donors (Lipinski definition) is 2. The molecule has 2 N–H and O–H groups in total. The lowest BCUT2D eigenvalue weighted by atomic mass is 9.84. The predicted molar refractivity (Wildman–Crippen MR) is 80.3 cm³/mol. The summed E-state index contributed by atoms with van der Waals surface area (Å²) >= 11 is 0. The van der Waals surface area contributed by atoms with Crippen LogP contribution in [-0.4, -0.2) is 46.7 Å². The molecule has 116 valence electrons. The minimum absolute atomic E-state index is 0.322. The van der Waals surface area contributed by atoms with Crippen molar-refractivity contribution in [2.75, 3.05) is 19.6 Å². The van der Waals surface area contributed by atoms with Gasteiger partial charge in [0.05, 0.1) is 11.8 Å². The first-order valence-corrected chi connectivity index (χ1v) is 7.24. The fourth-order valence-corrected chi connectivity index (χ4v) is 2.50. The zero-order chi connectivity index (χ0) is 15.8. The summed E-state index contributed by atoms with van der Waals surface area (Å²) < 4.78 is 0.